The lowest BCUT2D eigenvalue weighted by atomic mass is 10.0. The zero-order valence-corrected chi connectivity index (χ0v) is 11.8. The van der Waals surface area contributed by atoms with Gasteiger partial charge < -0.3 is 10.1 Å². The average Bonchev–Trinajstić information content (AvgIpc) is 2.34. The molecule has 1 N–H and O–H groups in total. The van der Waals surface area contributed by atoms with Crippen molar-refractivity contribution in [1.82, 2.24) is 5.32 Å². The molecule has 0 heterocycles. The van der Waals surface area contributed by atoms with Crippen LogP contribution in [-0.2, 0) is 6.54 Å². The van der Waals surface area contributed by atoms with Crippen LogP contribution in [0.5, 0.6) is 5.75 Å². The molecule has 0 aliphatic heterocycles. The standard InChI is InChI=1S/C16H25NO/c1-5-10-18-16-9-7-6-8-15(16)12-17-14(4)11-13(2)3/h5-9,13-14,17H,1,10-12H2,2-4H3. The second-order valence-corrected chi connectivity index (χ2v) is 5.12. The Balaban J connectivity index is 2.52. The Bertz CT molecular complexity index is 360. The van der Waals surface area contributed by atoms with Crippen molar-refractivity contribution in [1.29, 1.82) is 0 Å². The van der Waals surface area contributed by atoms with Gasteiger partial charge in [0, 0.05) is 18.2 Å². The number of benzene rings is 1. The Kier molecular flexibility index (Phi) is 6.51. The van der Waals surface area contributed by atoms with Crippen LogP contribution in [0, 0.1) is 5.92 Å². The van der Waals surface area contributed by atoms with E-state index in [1.165, 1.54) is 12.0 Å². The molecule has 0 bridgehead atoms. The Morgan fingerprint density at radius 3 is 2.67 bits per heavy atom. The molecular formula is C16H25NO. The SMILES string of the molecule is C=CCOc1ccccc1CNC(C)CC(C)C. The first-order chi connectivity index (χ1) is 8.63. The lowest BCUT2D eigenvalue weighted by Crippen LogP contribution is -2.27. The largest absolute Gasteiger partial charge is 0.489 e. The normalized spacial score (nSPS) is 12.4. The summed E-state index contributed by atoms with van der Waals surface area (Å²) in [6.45, 7) is 11.8. The van der Waals surface area contributed by atoms with E-state index < -0.39 is 0 Å². The van der Waals surface area contributed by atoms with Crippen molar-refractivity contribution in [2.75, 3.05) is 6.61 Å². The third-order valence-corrected chi connectivity index (χ3v) is 2.80. The Morgan fingerprint density at radius 1 is 1.28 bits per heavy atom. The van der Waals surface area contributed by atoms with Gasteiger partial charge in [0.05, 0.1) is 0 Å². The van der Waals surface area contributed by atoms with Crippen LogP contribution in [0.1, 0.15) is 32.8 Å². The minimum atomic E-state index is 0.525. The second-order valence-electron chi connectivity index (χ2n) is 5.12. The van der Waals surface area contributed by atoms with Crippen LogP contribution < -0.4 is 10.1 Å². The number of ether oxygens (including phenoxy) is 1. The Morgan fingerprint density at radius 2 is 2.00 bits per heavy atom. The molecule has 1 aromatic carbocycles. The van der Waals surface area contributed by atoms with Crippen molar-refractivity contribution in [2.24, 2.45) is 5.92 Å². The summed E-state index contributed by atoms with van der Waals surface area (Å²) in [6, 6.07) is 8.68. The minimum absolute atomic E-state index is 0.525. The van der Waals surface area contributed by atoms with Gasteiger partial charge >= 0.3 is 0 Å². The summed E-state index contributed by atoms with van der Waals surface area (Å²) in [5.74, 6) is 1.67. The number of hydrogen-bond donors (Lipinski definition) is 1. The lowest BCUT2D eigenvalue weighted by molar-refractivity contribution is 0.355. The van der Waals surface area contributed by atoms with Crippen LogP contribution in [0.3, 0.4) is 0 Å². The molecule has 0 fully saturated rings. The molecule has 100 valence electrons. The summed E-state index contributed by atoms with van der Waals surface area (Å²) in [4.78, 5) is 0. The number of nitrogens with one attached hydrogen (secondary N) is 1. The van der Waals surface area contributed by atoms with E-state index in [0.717, 1.165) is 18.2 Å². The van der Waals surface area contributed by atoms with Gasteiger partial charge in [-0.1, -0.05) is 44.7 Å². The van der Waals surface area contributed by atoms with Gasteiger partial charge in [-0.2, -0.15) is 0 Å². The van der Waals surface area contributed by atoms with Gasteiger partial charge in [0.15, 0.2) is 0 Å². The van der Waals surface area contributed by atoms with E-state index in [9.17, 15) is 0 Å². The van der Waals surface area contributed by atoms with Crippen LogP contribution in [0.15, 0.2) is 36.9 Å². The Hall–Kier alpha value is -1.28. The molecule has 1 unspecified atom stereocenters. The van der Waals surface area contributed by atoms with Gasteiger partial charge in [-0.15, -0.1) is 0 Å². The maximum Gasteiger partial charge on any atom is 0.124 e. The van der Waals surface area contributed by atoms with Crippen molar-refractivity contribution in [3.63, 3.8) is 0 Å². The predicted molar refractivity (Wildman–Crippen MR) is 77.9 cm³/mol. The van der Waals surface area contributed by atoms with Crippen molar-refractivity contribution in [2.45, 2.75) is 39.8 Å². The first kappa shape index (κ1) is 14.8. The third-order valence-electron chi connectivity index (χ3n) is 2.80. The summed E-state index contributed by atoms with van der Waals surface area (Å²) >= 11 is 0. The van der Waals surface area contributed by atoms with Gasteiger partial charge in [-0.3, -0.25) is 0 Å². The molecule has 0 saturated carbocycles. The molecule has 0 saturated heterocycles. The monoisotopic (exact) mass is 247 g/mol. The molecule has 2 heteroatoms. The van der Waals surface area contributed by atoms with E-state index in [-0.39, 0.29) is 0 Å². The molecule has 0 aliphatic carbocycles. The van der Waals surface area contributed by atoms with Crippen molar-refractivity contribution >= 4 is 0 Å². The highest BCUT2D eigenvalue weighted by Crippen LogP contribution is 2.18. The first-order valence-electron chi connectivity index (χ1n) is 6.68. The maximum atomic E-state index is 5.64. The van der Waals surface area contributed by atoms with Crippen molar-refractivity contribution in [3.05, 3.63) is 42.5 Å². The van der Waals surface area contributed by atoms with E-state index in [0.29, 0.717) is 12.6 Å². The van der Waals surface area contributed by atoms with Crippen molar-refractivity contribution < 1.29 is 4.74 Å². The van der Waals surface area contributed by atoms with E-state index in [2.05, 4.69) is 38.7 Å². The molecule has 0 spiro atoms. The third kappa shape index (κ3) is 5.37. The quantitative estimate of drug-likeness (QED) is 0.706. The fourth-order valence-electron chi connectivity index (χ4n) is 2.01. The molecular weight excluding hydrogens is 222 g/mol. The smallest absolute Gasteiger partial charge is 0.124 e. The van der Waals surface area contributed by atoms with E-state index in [1.807, 2.05) is 18.2 Å². The number of para-hydroxylation sites is 1. The molecule has 18 heavy (non-hydrogen) atoms. The lowest BCUT2D eigenvalue weighted by Gasteiger charge is -2.17. The molecule has 1 rings (SSSR count). The highest BCUT2D eigenvalue weighted by atomic mass is 16.5. The molecule has 0 aliphatic rings. The van der Waals surface area contributed by atoms with E-state index in [4.69, 9.17) is 4.74 Å². The fourth-order valence-corrected chi connectivity index (χ4v) is 2.01. The van der Waals surface area contributed by atoms with Crippen LogP contribution in [0.4, 0.5) is 0 Å². The van der Waals surface area contributed by atoms with Crippen LogP contribution in [0.2, 0.25) is 0 Å². The van der Waals surface area contributed by atoms with Crippen LogP contribution in [0.25, 0.3) is 0 Å². The average molecular weight is 247 g/mol. The van der Waals surface area contributed by atoms with Gasteiger partial charge in [0.2, 0.25) is 0 Å². The fraction of sp³-hybridized carbons (Fsp3) is 0.500. The van der Waals surface area contributed by atoms with Gasteiger partial charge in [0.25, 0.3) is 0 Å². The molecule has 0 amide bonds. The van der Waals surface area contributed by atoms with Crippen LogP contribution in [-0.4, -0.2) is 12.6 Å². The molecule has 0 aromatic heterocycles. The maximum absolute atomic E-state index is 5.64. The van der Waals surface area contributed by atoms with Gasteiger partial charge in [-0.05, 0) is 25.3 Å². The molecule has 1 atom stereocenters. The summed E-state index contributed by atoms with van der Waals surface area (Å²) in [6.07, 6.45) is 2.96. The second kappa shape index (κ2) is 7.93. The first-order valence-corrected chi connectivity index (χ1v) is 6.68. The highest BCUT2D eigenvalue weighted by Gasteiger charge is 2.06. The molecule has 2 nitrogen and oxygen atoms in total. The zero-order valence-electron chi connectivity index (χ0n) is 11.8. The minimum Gasteiger partial charge on any atom is -0.489 e. The summed E-state index contributed by atoms with van der Waals surface area (Å²) in [7, 11) is 0. The van der Waals surface area contributed by atoms with Gasteiger partial charge in [-0.25, -0.2) is 0 Å². The summed E-state index contributed by atoms with van der Waals surface area (Å²) in [5, 5.41) is 3.54. The summed E-state index contributed by atoms with van der Waals surface area (Å²) in [5.41, 5.74) is 1.20. The topological polar surface area (TPSA) is 21.3 Å². The number of hydrogen-bond acceptors (Lipinski definition) is 2. The van der Waals surface area contributed by atoms with Gasteiger partial charge in [0.1, 0.15) is 12.4 Å². The van der Waals surface area contributed by atoms with E-state index in [1.54, 1.807) is 6.08 Å². The number of rotatable bonds is 8. The summed E-state index contributed by atoms with van der Waals surface area (Å²) < 4.78 is 5.64. The highest BCUT2D eigenvalue weighted by molar-refractivity contribution is 5.33. The zero-order chi connectivity index (χ0) is 13.4. The Labute approximate surface area is 111 Å². The van der Waals surface area contributed by atoms with Crippen molar-refractivity contribution in [3.8, 4) is 5.75 Å². The predicted octanol–water partition coefficient (Wildman–Crippen LogP) is 3.78. The van der Waals surface area contributed by atoms with Crippen LogP contribution >= 0.6 is 0 Å². The molecule has 1 aromatic rings. The van der Waals surface area contributed by atoms with E-state index >= 15 is 0 Å². The molecule has 0 radical (unpaired) electrons.